The summed E-state index contributed by atoms with van der Waals surface area (Å²) in [5.74, 6) is 0.409. The molecule has 1 saturated carbocycles. The minimum atomic E-state index is -0.602. The van der Waals surface area contributed by atoms with Gasteiger partial charge in [-0.25, -0.2) is 8.78 Å². The van der Waals surface area contributed by atoms with Crippen molar-refractivity contribution in [1.82, 2.24) is 0 Å². The van der Waals surface area contributed by atoms with Gasteiger partial charge in [0.25, 0.3) is 0 Å². The number of hydrogen-bond acceptors (Lipinski definition) is 0. The Morgan fingerprint density at radius 1 is 0.750 bits per heavy atom. The molecule has 0 nitrogen and oxygen atoms in total. The van der Waals surface area contributed by atoms with Gasteiger partial charge in [-0.05, 0) is 48.6 Å². The SMILES string of the molecule is CCCCCc1ccc(CCC2CCC(CCC)CC2)c(F)c1F. The standard InChI is InChI=1S/C22H34F2/c1-3-5-6-8-19-15-16-20(22(24)21(19)23)14-13-18-11-9-17(7-4-2)10-12-18/h15-18H,3-14H2,1-2H3. The van der Waals surface area contributed by atoms with E-state index < -0.39 is 11.6 Å². The van der Waals surface area contributed by atoms with E-state index in [1.807, 2.05) is 12.1 Å². The number of unbranched alkanes of at least 4 members (excludes halogenated alkanes) is 2. The monoisotopic (exact) mass is 336 g/mol. The molecule has 2 heteroatoms. The van der Waals surface area contributed by atoms with Crippen LogP contribution in [-0.2, 0) is 12.8 Å². The summed E-state index contributed by atoms with van der Waals surface area (Å²) >= 11 is 0. The molecule has 1 aliphatic rings. The lowest BCUT2D eigenvalue weighted by Gasteiger charge is -2.28. The Morgan fingerprint density at radius 2 is 1.29 bits per heavy atom. The fourth-order valence-corrected chi connectivity index (χ4v) is 4.16. The number of hydrogen-bond donors (Lipinski definition) is 0. The highest BCUT2D eigenvalue weighted by Gasteiger charge is 2.21. The van der Waals surface area contributed by atoms with E-state index in [1.165, 1.54) is 38.5 Å². The summed E-state index contributed by atoms with van der Waals surface area (Å²) in [5, 5.41) is 0. The summed E-state index contributed by atoms with van der Waals surface area (Å²) in [7, 11) is 0. The Balaban J connectivity index is 1.83. The van der Waals surface area contributed by atoms with Crippen LogP contribution in [0.25, 0.3) is 0 Å². The first-order valence-electron chi connectivity index (χ1n) is 10.1. The molecular formula is C22H34F2. The lowest BCUT2D eigenvalue weighted by atomic mass is 9.78. The third-order valence-electron chi connectivity index (χ3n) is 5.78. The predicted molar refractivity (Wildman–Crippen MR) is 98.3 cm³/mol. The summed E-state index contributed by atoms with van der Waals surface area (Å²) in [6.07, 6.45) is 13.3. The van der Waals surface area contributed by atoms with Gasteiger partial charge in [0.15, 0.2) is 11.6 Å². The number of aryl methyl sites for hydroxylation is 2. The van der Waals surface area contributed by atoms with Crippen LogP contribution in [0, 0.1) is 23.5 Å². The molecule has 0 aromatic heterocycles. The van der Waals surface area contributed by atoms with E-state index in [0.717, 1.165) is 31.6 Å². The summed E-state index contributed by atoms with van der Waals surface area (Å²) in [6, 6.07) is 3.63. The molecule has 2 rings (SSSR count). The lowest BCUT2D eigenvalue weighted by molar-refractivity contribution is 0.251. The van der Waals surface area contributed by atoms with Gasteiger partial charge in [0.2, 0.25) is 0 Å². The molecule has 0 saturated heterocycles. The highest BCUT2D eigenvalue weighted by molar-refractivity contribution is 5.26. The van der Waals surface area contributed by atoms with Gasteiger partial charge >= 0.3 is 0 Å². The van der Waals surface area contributed by atoms with Gasteiger partial charge < -0.3 is 0 Å². The minimum absolute atomic E-state index is 0.546. The first-order chi connectivity index (χ1) is 11.7. The van der Waals surface area contributed by atoms with Crippen molar-refractivity contribution < 1.29 is 8.78 Å². The maximum absolute atomic E-state index is 14.3. The topological polar surface area (TPSA) is 0 Å². The van der Waals surface area contributed by atoms with Gasteiger partial charge in [0, 0.05) is 0 Å². The van der Waals surface area contributed by atoms with Crippen molar-refractivity contribution in [2.75, 3.05) is 0 Å². The van der Waals surface area contributed by atoms with Crippen molar-refractivity contribution >= 4 is 0 Å². The van der Waals surface area contributed by atoms with Crippen LogP contribution in [0.3, 0.4) is 0 Å². The van der Waals surface area contributed by atoms with Crippen molar-refractivity contribution in [3.63, 3.8) is 0 Å². The van der Waals surface area contributed by atoms with Crippen molar-refractivity contribution in [2.24, 2.45) is 11.8 Å². The van der Waals surface area contributed by atoms with Gasteiger partial charge in [0.05, 0.1) is 0 Å². The highest BCUT2D eigenvalue weighted by Crippen LogP contribution is 2.34. The van der Waals surface area contributed by atoms with Gasteiger partial charge in [-0.2, -0.15) is 0 Å². The Labute approximate surface area is 147 Å². The predicted octanol–water partition coefficient (Wildman–Crippen LogP) is 7.24. The molecule has 1 aromatic carbocycles. The zero-order valence-corrected chi connectivity index (χ0v) is 15.6. The van der Waals surface area contributed by atoms with Crippen molar-refractivity contribution in [3.05, 3.63) is 34.9 Å². The molecule has 0 atom stereocenters. The molecule has 0 radical (unpaired) electrons. The first kappa shape index (κ1) is 19.4. The Kier molecular flexibility index (Phi) is 8.21. The van der Waals surface area contributed by atoms with E-state index >= 15 is 0 Å². The Morgan fingerprint density at radius 3 is 1.83 bits per heavy atom. The summed E-state index contributed by atoms with van der Waals surface area (Å²) < 4.78 is 28.5. The summed E-state index contributed by atoms with van der Waals surface area (Å²) in [5.41, 5.74) is 1.12. The second kappa shape index (κ2) is 10.2. The van der Waals surface area contributed by atoms with Gasteiger partial charge in [-0.1, -0.05) is 77.3 Å². The first-order valence-corrected chi connectivity index (χ1v) is 10.1. The summed E-state index contributed by atoms with van der Waals surface area (Å²) in [4.78, 5) is 0. The molecule has 0 heterocycles. The zero-order valence-electron chi connectivity index (χ0n) is 15.6. The molecule has 0 aliphatic heterocycles. The minimum Gasteiger partial charge on any atom is -0.203 e. The lowest BCUT2D eigenvalue weighted by Crippen LogP contribution is -2.15. The van der Waals surface area contributed by atoms with Crippen LogP contribution in [0.4, 0.5) is 8.78 Å². The second-order valence-electron chi connectivity index (χ2n) is 7.68. The highest BCUT2D eigenvalue weighted by atomic mass is 19.2. The number of benzene rings is 1. The van der Waals surface area contributed by atoms with E-state index in [4.69, 9.17) is 0 Å². The van der Waals surface area contributed by atoms with Crippen molar-refractivity contribution in [3.8, 4) is 0 Å². The van der Waals surface area contributed by atoms with E-state index in [2.05, 4.69) is 13.8 Å². The van der Waals surface area contributed by atoms with E-state index in [1.54, 1.807) is 0 Å². The molecule has 0 unspecified atom stereocenters. The smallest absolute Gasteiger partial charge is 0.162 e. The Bertz CT molecular complexity index is 487. The molecule has 136 valence electrons. The average molecular weight is 337 g/mol. The van der Waals surface area contributed by atoms with Crippen molar-refractivity contribution in [2.45, 2.75) is 90.9 Å². The fourth-order valence-electron chi connectivity index (χ4n) is 4.16. The molecule has 1 aliphatic carbocycles. The van der Waals surface area contributed by atoms with Crippen LogP contribution >= 0.6 is 0 Å². The van der Waals surface area contributed by atoms with Gasteiger partial charge in [-0.15, -0.1) is 0 Å². The molecule has 0 amide bonds. The van der Waals surface area contributed by atoms with Crippen LogP contribution in [-0.4, -0.2) is 0 Å². The molecule has 1 fully saturated rings. The maximum Gasteiger partial charge on any atom is 0.162 e. The van der Waals surface area contributed by atoms with E-state index in [9.17, 15) is 8.78 Å². The normalized spacial score (nSPS) is 21.2. The summed E-state index contributed by atoms with van der Waals surface area (Å²) in [6.45, 7) is 4.38. The quantitative estimate of drug-likeness (QED) is 0.417. The van der Waals surface area contributed by atoms with Gasteiger partial charge in [-0.3, -0.25) is 0 Å². The second-order valence-corrected chi connectivity index (χ2v) is 7.68. The molecular weight excluding hydrogens is 302 g/mol. The molecule has 0 spiro atoms. The van der Waals surface area contributed by atoms with Crippen molar-refractivity contribution in [1.29, 1.82) is 0 Å². The third kappa shape index (κ3) is 5.57. The third-order valence-corrected chi connectivity index (χ3v) is 5.78. The van der Waals surface area contributed by atoms with Crippen LogP contribution < -0.4 is 0 Å². The van der Waals surface area contributed by atoms with Gasteiger partial charge in [0.1, 0.15) is 0 Å². The number of halogens is 2. The van der Waals surface area contributed by atoms with E-state index in [-0.39, 0.29) is 0 Å². The fraction of sp³-hybridized carbons (Fsp3) is 0.727. The van der Waals surface area contributed by atoms with Crippen LogP contribution in [0.15, 0.2) is 12.1 Å². The molecule has 24 heavy (non-hydrogen) atoms. The van der Waals surface area contributed by atoms with Crippen LogP contribution in [0.1, 0.15) is 89.2 Å². The van der Waals surface area contributed by atoms with Crippen LogP contribution in [0.2, 0.25) is 0 Å². The van der Waals surface area contributed by atoms with Crippen LogP contribution in [0.5, 0.6) is 0 Å². The average Bonchev–Trinajstić information content (AvgIpc) is 2.60. The molecule has 0 bridgehead atoms. The largest absolute Gasteiger partial charge is 0.203 e. The Hall–Kier alpha value is -0.920. The molecule has 0 N–H and O–H groups in total. The maximum atomic E-state index is 14.3. The van der Waals surface area contributed by atoms with E-state index in [0.29, 0.717) is 29.9 Å². The zero-order chi connectivity index (χ0) is 17.4. The number of rotatable bonds is 9. The molecule has 1 aromatic rings.